The summed E-state index contributed by atoms with van der Waals surface area (Å²) in [6, 6.07) is 55.8. The van der Waals surface area contributed by atoms with Crippen molar-refractivity contribution in [3.63, 3.8) is 0 Å². The van der Waals surface area contributed by atoms with E-state index in [0.717, 1.165) is 73.4 Å². The van der Waals surface area contributed by atoms with Crippen molar-refractivity contribution in [1.29, 1.82) is 5.26 Å². The summed E-state index contributed by atoms with van der Waals surface area (Å²) in [5, 5.41) is 15.6. The van der Waals surface area contributed by atoms with E-state index < -0.39 is 9.84 Å². The van der Waals surface area contributed by atoms with Gasteiger partial charge in [-0.1, -0.05) is 111 Å². The predicted octanol–water partition coefficient (Wildman–Crippen LogP) is 13.2. The normalized spacial score (nSPS) is 20.1. The van der Waals surface area contributed by atoms with E-state index in [1.165, 1.54) is 24.3 Å². The van der Waals surface area contributed by atoms with Gasteiger partial charge >= 0.3 is 0 Å². The molecule has 1 N–H and O–H groups in total. The highest BCUT2D eigenvalue weighted by Crippen LogP contribution is 2.56. The quantitative estimate of drug-likeness (QED) is 0.185. The SMILES string of the molecule is CC1/C=C\C=C/C(C)/C2=C3/Nc4c(cc5ccccc5c4N(c4ccccc4)c4cccc(c4)N2c2ccccc2)N(c2ccc(S(=O)(=O)c4ccc(C#N)cc4)cc2)/C3=C/1. The van der Waals surface area contributed by atoms with E-state index in [9.17, 15) is 13.7 Å². The van der Waals surface area contributed by atoms with Crippen molar-refractivity contribution in [1.82, 2.24) is 0 Å². The molecule has 0 radical (unpaired) electrons. The number of sulfone groups is 1. The first-order valence-corrected chi connectivity index (χ1v) is 21.9. The third-order valence-corrected chi connectivity index (χ3v) is 13.3. The summed E-state index contributed by atoms with van der Waals surface area (Å²) in [6.07, 6.45) is 11.0. The first kappa shape index (κ1) is 37.7. The van der Waals surface area contributed by atoms with Crippen molar-refractivity contribution in [3.05, 3.63) is 217 Å². The number of fused-ring (bicyclic) bond motifs is 4. The lowest BCUT2D eigenvalue weighted by molar-refractivity contribution is 0.596. The summed E-state index contributed by atoms with van der Waals surface area (Å²) in [7, 11) is -3.88. The Labute approximate surface area is 356 Å². The molecule has 296 valence electrons. The number of anilines is 8. The van der Waals surface area contributed by atoms with Gasteiger partial charge in [0.1, 0.15) is 0 Å². The highest BCUT2D eigenvalue weighted by Gasteiger charge is 2.37. The van der Waals surface area contributed by atoms with Crippen LogP contribution in [-0.2, 0) is 9.84 Å². The summed E-state index contributed by atoms with van der Waals surface area (Å²) in [5.41, 5.74) is 11.0. The van der Waals surface area contributed by atoms with Gasteiger partial charge in [-0.05, 0) is 108 Å². The molecule has 61 heavy (non-hydrogen) atoms. The molecule has 8 heteroatoms. The monoisotopic (exact) mass is 811 g/mol. The van der Waals surface area contributed by atoms with Gasteiger partial charge in [0.25, 0.3) is 0 Å². The third kappa shape index (κ3) is 6.56. The Morgan fingerprint density at radius 3 is 1.85 bits per heavy atom. The molecule has 2 aliphatic heterocycles. The molecule has 4 bridgehead atoms. The molecule has 2 heterocycles. The van der Waals surface area contributed by atoms with Crippen LogP contribution in [0.1, 0.15) is 19.4 Å². The van der Waals surface area contributed by atoms with Crippen molar-refractivity contribution in [2.45, 2.75) is 23.6 Å². The van der Waals surface area contributed by atoms with Crippen molar-refractivity contribution in [2.75, 3.05) is 20.0 Å². The molecule has 7 aromatic rings. The van der Waals surface area contributed by atoms with Crippen LogP contribution in [0.25, 0.3) is 10.8 Å². The van der Waals surface area contributed by atoms with Crippen LogP contribution in [0.4, 0.5) is 45.5 Å². The van der Waals surface area contributed by atoms with Gasteiger partial charge in [-0.3, -0.25) is 0 Å². The van der Waals surface area contributed by atoms with Gasteiger partial charge in [0.05, 0.1) is 55.6 Å². The number of benzene rings is 7. The molecule has 2 unspecified atom stereocenters. The molecule has 3 aliphatic rings. The maximum absolute atomic E-state index is 14.0. The smallest absolute Gasteiger partial charge is 0.206 e. The van der Waals surface area contributed by atoms with Gasteiger partial charge in [0, 0.05) is 39.7 Å². The number of nitrogens with zero attached hydrogens (tertiary/aromatic N) is 4. The first-order chi connectivity index (χ1) is 29.8. The van der Waals surface area contributed by atoms with Gasteiger partial charge in [0.2, 0.25) is 9.84 Å². The second-order valence-electron chi connectivity index (χ2n) is 15.5. The molecule has 10 rings (SSSR count). The van der Waals surface area contributed by atoms with Crippen LogP contribution in [0.15, 0.2) is 221 Å². The molecular weight excluding hydrogens is 771 g/mol. The number of allylic oxidation sites excluding steroid dienone is 5. The van der Waals surface area contributed by atoms with Crippen LogP contribution < -0.4 is 20.0 Å². The number of hydrogen-bond donors (Lipinski definition) is 1. The largest absolute Gasteiger partial charge is 0.349 e. The molecule has 0 amide bonds. The summed E-state index contributed by atoms with van der Waals surface area (Å²) >= 11 is 0. The van der Waals surface area contributed by atoms with Gasteiger partial charge in [-0.15, -0.1) is 0 Å². The molecule has 0 aromatic heterocycles. The molecule has 0 saturated carbocycles. The summed E-state index contributed by atoms with van der Waals surface area (Å²) in [6.45, 7) is 4.42. The minimum atomic E-state index is -3.88. The second kappa shape index (κ2) is 15.2. The minimum absolute atomic E-state index is 0.0216. The van der Waals surface area contributed by atoms with Crippen LogP contribution in [-0.4, -0.2) is 8.42 Å². The number of nitriles is 1. The van der Waals surface area contributed by atoms with Crippen molar-refractivity contribution >= 4 is 66.1 Å². The maximum Gasteiger partial charge on any atom is 0.206 e. The Morgan fingerprint density at radius 1 is 0.590 bits per heavy atom. The van der Waals surface area contributed by atoms with E-state index in [2.05, 4.69) is 173 Å². The Morgan fingerprint density at radius 2 is 1.16 bits per heavy atom. The lowest BCUT2D eigenvalue weighted by atomic mass is 9.92. The van der Waals surface area contributed by atoms with Crippen molar-refractivity contribution in [2.24, 2.45) is 11.8 Å². The number of rotatable bonds is 5. The van der Waals surface area contributed by atoms with Gasteiger partial charge in [-0.25, -0.2) is 8.42 Å². The fraction of sp³-hybridized carbons (Fsp3) is 0.0755. The van der Waals surface area contributed by atoms with Gasteiger partial charge in [0.15, 0.2) is 0 Å². The molecule has 0 fully saturated rings. The molecule has 0 spiro atoms. The molecule has 7 nitrogen and oxygen atoms in total. The van der Waals surface area contributed by atoms with Gasteiger partial charge < -0.3 is 20.0 Å². The van der Waals surface area contributed by atoms with Crippen LogP contribution in [0.2, 0.25) is 0 Å². The number of para-hydroxylation sites is 2. The zero-order valence-electron chi connectivity index (χ0n) is 33.6. The van der Waals surface area contributed by atoms with E-state index >= 15 is 0 Å². The Balaban J connectivity index is 1.32. The average molecular weight is 812 g/mol. The van der Waals surface area contributed by atoms with Gasteiger partial charge in [-0.2, -0.15) is 5.26 Å². The highest BCUT2D eigenvalue weighted by atomic mass is 32.2. The average Bonchev–Trinajstić information content (AvgIpc) is 3.30. The second-order valence-corrected chi connectivity index (χ2v) is 17.5. The Bertz CT molecular complexity index is 3110. The molecule has 7 aromatic carbocycles. The lowest BCUT2D eigenvalue weighted by Gasteiger charge is -2.44. The minimum Gasteiger partial charge on any atom is -0.349 e. The van der Waals surface area contributed by atoms with Crippen molar-refractivity contribution in [3.8, 4) is 6.07 Å². The Kier molecular flexibility index (Phi) is 9.39. The predicted molar refractivity (Wildman–Crippen MR) is 248 cm³/mol. The Hall–Kier alpha value is -7.60. The highest BCUT2D eigenvalue weighted by molar-refractivity contribution is 7.91. The fourth-order valence-electron chi connectivity index (χ4n) is 8.70. The fourth-order valence-corrected chi connectivity index (χ4v) is 9.96. The van der Waals surface area contributed by atoms with Crippen LogP contribution in [0.3, 0.4) is 0 Å². The van der Waals surface area contributed by atoms with Crippen molar-refractivity contribution < 1.29 is 8.42 Å². The topological polar surface area (TPSA) is 79.7 Å². The van der Waals surface area contributed by atoms with E-state index in [1.54, 1.807) is 12.1 Å². The van der Waals surface area contributed by atoms with E-state index in [4.69, 9.17) is 0 Å². The molecular formula is C53H41N5O2S. The van der Waals surface area contributed by atoms with E-state index in [0.29, 0.717) is 5.56 Å². The van der Waals surface area contributed by atoms with E-state index in [-0.39, 0.29) is 21.6 Å². The van der Waals surface area contributed by atoms with Crippen LogP contribution >= 0.6 is 0 Å². The molecule has 0 saturated heterocycles. The molecule has 2 atom stereocenters. The summed E-state index contributed by atoms with van der Waals surface area (Å²) < 4.78 is 28.0. The zero-order valence-corrected chi connectivity index (χ0v) is 34.5. The summed E-state index contributed by atoms with van der Waals surface area (Å²) in [4.78, 5) is 7.31. The van der Waals surface area contributed by atoms with Crippen LogP contribution in [0.5, 0.6) is 0 Å². The van der Waals surface area contributed by atoms with Crippen LogP contribution in [0, 0.1) is 23.2 Å². The number of nitrogens with one attached hydrogen (secondary N) is 1. The zero-order chi connectivity index (χ0) is 41.7. The number of hydrogen-bond acceptors (Lipinski definition) is 7. The third-order valence-electron chi connectivity index (χ3n) is 11.6. The first-order valence-electron chi connectivity index (χ1n) is 20.4. The summed E-state index contributed by atoms with van der Waals surface area (Å²) in [5.74, 6) is -0.0574. The maximum atomic E-state index is 14.0. The molecule has 1 aliphatic carbocycles. The standard InChI is InChI=1S/C53H41N5O2S/c1-36-14-9-10-15-37(2)52-50-48(32-36)58(42-26-30-46(31-27-42)61(59,60)45-28-24-38(35-54)25-29-45)49-33-39-16-11-12-23-47(39)53(51(49)55-50)57(41-19-7-4-8-20-41)44-22-13-21-43(34-44)56(52)40-17-5-3-6-18-40/h3-34,36-37,55H,1-2H3/b14-9-,15-10-,48-32+,52-50-. The van der Waals surface area contributed by atoms with E-state index in [1.807, 2.05) is 24.3 Å². The lowest BCUT2D eigenvalue weighted by Crippen LogP contribution is -2.34.